The molecule has 2 aromatic carbocycles. The van der Waals surface area contributed by atoms with E-state index in [9.17, 15) is 4.79 Å². The smallest absolute Gasteiger partial charge is 0.260 e. The molecule has 8 heteroatoms. The summed E-state index contributed by atoms with van der Waals surface area (Å²) >= 11 is 1.49. The Hall–Kier alpha value is -2.35. The monoisotopic (exact) mass is 433 g/mol. The standard InChI is InChI=1S/C21H23N3O3S.ClH/c1-13-5-6-15(14(2)9-13)20(25)24(8-7-23(3)4)21-22-16-10-17-18(27-12-26-17)11-19(16)28-21;/h5-6,9-11H,7-8,12H2,1-4H3;1H. The summed E-state index contributed by atoms with van der Waals surface area (Å²) in [5.41, 5.74) is 3.63. The van der Waals surface area contributed by atoms with Crippen molar-refractivity contribution < 1.29 is 14.3 Å². The van der Waals surface area contributed by atoms with E-state index in [1.54, 1.807) is 4.90 Å². The molecule has 6 nitrogen and oxygen atoms in total. The summed E-state index contributed by atoms with van der Waals surface area (Å²) in [7, 11) is 3.99. The third-order valence-corrected chi connectivity index (χ3v) is 5.77. The van der Waals surface area contributed by atoms with E-state index in [0.717, 1.165) is 33.6 Å². The third kappa shape index (κ3) is 4.32. The van der Waals surface area contributed by atoms with Gasteiger partial charge in [0.15, 0.2) is 16.6 Å². The molecule has 154 valence electrons. The molecule has 0 aliphatic carbocycles. The quantitative estimate of drug-likeness (QED) is 0.601. The van der Waals surface area contributed by atoms with Crippen LogP contribution in [0.5, 0.6) is 11.5 Å². The van der Waals surface area contributed by atoms with E-state index in [2.05, 4.69) is 4.90 Å². The number of hydrogen-bond donors (Lipinski definition) is 0. The highest BCUT2D eigenvalue weighted by molar-refractivity contribution is 7.22. The first kappa shape index (κ1) is 21.4. The number of aryl methyl sites for hydroxylation is 2. The van der Waals surface area contributed by atoms with Crippen molar-refractivity contribution in [2.24, 2.45) is 0 Å². The van der Waals surface area contributed by atoms with E-state index in [4.69, 9.17) is 14.5 Å². The van der Waals surface area contributed by atoms with Crippen LogP contribution in [-0.4, -0.2) is 49.8 Å². The lowest BCUT2D eigenvalue weighted by Gasteiger charge is -2.22. The van der Waals surface area contributed by atoms with Gasteiger partial charge in [-0.2, -0.15) is 0 Å². The molecule has 0 spiro atoms. The van der Waals surface area contributed by atoms with Gasteiger partial charge < -0.3 is 14.4 Å². The van der Waals surface area contributed by atoms with Gasteiger partial charge in [-0.05, 0) is 39.6 Å². The predicted molar refractivity (Wildman–Crippen MR) is 119 cm³/mol. The molecule has 4 rings (SSSR count). The number of thiazole rings is 1. The molecule has 0 bridgehead atoms. The number of ether oxygens (including phenoxy) is 2. The van der Waals surface area contributed by atoms with Gasteiger partial charge in [0.25, 0.3) is 5.91 Å². The molecule has 1 aromatic heterocycles. The van der Waals surface area contributed by atoms with E-state index in [-0.39, 0.29) is 25.1 Å². The van der Waals surface area contributed by atoms with Gasteiger partial charge in [-0.3, -0.25) is 9.69 Å². The van der Waals surface area contributed by atoms with Crippen LogP contribution in [0.1, 0.15) is 21.5 Å². The van der Waals surface area contributed by atoms with Crippen molar-refractivity contribution >= 4 is 45.0 Å². The van der Waals surface area contributed by atoms with Crippen molar-refractivity contribution in [3.8, 4) is 11.5 Å². The van der Waals surface area contributed by atoms with E-state index in [0.29, 0.717) is 23.0 Å². The minimum atomic E-state index is -0.0292. The van der Waals surface area contributed by atoms with Crippen LogP contribution in [0.3, 0.4) is 0 Å². The number of fused-ring (bicyclic) bond motifs is 2. The number of carbonyl (C=O) groups excluding carboxylic acids is 1. The largest absolute Gasteiger partial charge is 0.454 e. The molecule has 29 heavy (non-hydrogen) atoms. The summed E-state index contributed by atoms with van der Waals surface area (Å²) in [6.07, 6.45) is 0. The van der Waals surface area contributed by atoms with E-state index < -0.39 is 0 Å². The number of carbonyl (C=O) groups is 1. The maximum atomic E-state index is 13.4. The fraction of sp³-hybridized carbons (Fsp3) is 0.333. The van der Waals surface area contributed by atoms with Crippen LogP contribution >= 0.6 is 23.7 Å². The molecule has 0 fully saturated rings. The number of halogens is 1. The molecule has 0 unspecified atom stereocenters. The van der Waals surface area contributed by atoms with Crippen LogP contribution in [0.2, 0.25) is 0 Å². The van der Waals surface area contributed by atoms with Gasteiger partial charge in [0.2, 0.25) is 6.79 Å². The maximum absolute atomic E-state index is 13.4. The van der Waals surface area contributed by atoms with Gasteiger partial charge in [0.1, 0.15) is 0 Å². The second kappa shape index (κ2) is 8.57. The molecular formula is C21H24ClN3O3S. The number of anilines is 1. The van der Waals surface area contributed by atoms with Gasteiger partial charge >= 0.3 is 0 Å². The summed E-state index contributed by atoms with van der Waals surface area (Å²) in [4.78, 5) is 22.0. The number of likely N-dealkylation sites (N-methyl/N-ethyl adjacent to an activating group) is 1. The lowest BCUT2D eigenvalue weighted by atomic mass is 10.0. The lowest BCUT2D eigenvalue weighted by molar-refractivity contribution is 0.0984. The Morgan fingerprint density at radius 1 is 1.10 bits per heavy atom. The molecule has 1 aliphatic rings. The number of benzene rings is 2. The Balaban J connectivity index is 0.00000240. The van der Waals surface area contributed by atoms with Crippen LogP contribution in [0.4, 0.5) is 5.13 Å². The topological polar surface area (TPSA) is 54.9 Å². The van der Waals surface area contributed by atoms with Gasteiger partial charge in [0.05, 0.1) is 10.2 Å². The SMILES string of the molecule is Cc1ccc(C(=O)N(CCN(C)C)c2nc3cc4c(cc3s2)OCO4)c(C)c1.Cl. The number of amides is 1. The van der Waals surface area contributed by atoms with Crippen molar-refractivity contribution in [3.63, 3.8) is 0 Å². The first-order valence-electron chi connectivity index (χ1n) is 9.16. The molecular weight excluding hydrogens is 410 g/mol. The Kier molecular flexibility index (Phi) is 6.31. The fourth-order valence-electron chi connectivity index (χ4n) is 3.20. The van der Waals surface area contributed by atoms with Crippen molar-refractivity contribution in [2.45, 2.75) is 13.8 Å². The highest BCUT2D eigenvalue weighted by Gasteiger charge is 2.24. The zero-order valence-electron chi connectivity index (χ0n) is 16.9. The summed E-state index contributed by atoms with van der Waals surface area (Å²) in [5.74, 6) is 1.39. The van der Waals surface area contributed by atoms with Crippen molar-refractivity contribution in [2.75, 3.05) is 38.9 Å². The van der Waals surface area contributed by atoms with Gasteiger partial charge in [0, 0.05) is 30.8 Å². The Labute approximate surface area is 180 Å². The van der Waals surface area contributed by atoms with Crippen LogP contribution in [0.25, 0.3) is 10.2 Å². The summed E-state index contributed by atoms with van der Waals surface area (Å²) in [5, 5.41) is 0.686. The second-order valence-electron chi connectivity index (χ2n) is 7.25. The zero-order chi connectivity index (χ0) is 19.8. The fourth-order valence-corrected chi connectivity index (χ4v) is 4.20. The summed E-state index contributed by atoms with van der Waals surface area (Å²) < 4.78 is 11.9. The number of rotatable bonds is 5. The number of hydrogen-bond acceptors (Lipinski definition) is 6. The summed E-state index contributed by atoms with van der Waals surface area (Å²) in [6, 6.07) is 9.73. The van der Waals surface area contributed by atoms with Crippen LogP contribution in [-0.2, 0) is 0 Å². The molecule has 1 aliphatic heterocycles. The normalized spacial score (nSPS) is 12.3. The van der Waals surface area contributed by atoms with Crippen LogP contribution in [0, 0.1) is 13.8 Å². The van der Waals surface area contributed by atoms with Crippen LogP contribution < -0.4 is 14.4 Å². The van der Waals surface area contributed by atoms with Crippen molar-refractivity contribution in [3.05, 3.63) is 47.0 Å². The first-order valence-corrected chi connectivity index (χ1v) is 9.98. The molecule has 0 saturated heterocycles. The van der Waals surface area contributed by atoms with E-state index in [1.807, 2.05) is 58.3 Å². The van der Waals surface area contributed by atoms with Gasteiger partial charge in [-0.15, -0.1) is 12.4 Å². The molecule has 2 heterocycles. The molecule has 3 aromatic rings. The Morgan fingerprint density at radius 3 is 2.52 bits per heavy atom. The Morgan fingerprint density at radius 2 is 1.83 bits per heavy atom. The molecule has 0 radical (unpaired) electrons. The lowest BCUT2D eigenvalue weighted by Crippen LogP contribution is -2.37. The van der Waals surface area contributed by atoms with E-state index >= 15 is 0 Å². The Bertz CT molecular complexity index is 1010. The third-order valence-electron chi connectivity index (χ3n) is 4.73. The molecule has 0 saturated carbocycles. The van der Waals surface area contributed by atoms with Crippen molar-refractivity contribution in [1.29, 1.82) is 0 Å². The van der Waals surface area contributed by atoms with Gasteiger partial charge in [-0.1, -0.05) is 29.0 Å². The zero-order valence-corrected chi connectivity index (χ0v) is 18.5. The first-order chi connectivity index (χ1) is 13.4. The second-order valence-corrected chi connectivity index (χ2v) is 8.26. The summed E-state index contributed by atoms with van der Waals surface area (Å²) in [6.45, 7) is 5.55. The van der Waals surface area contributed by atoms with E-state index in [1.165, 1.54) is 11.3 Å². The predicted octanol–water partition coefficient (Wildman–Crippen LogP) is 4.27. The number of aromatic nitrogens is 1. The highest BCUT2D eigenvalue weighted by atomic mass is 35.5. The highest BCUT2D eigenvalue weighted by Crippen LogP contribution is 2.40. The average Bonchev–Trinajstić information content (AvgIpc) is 3.24. The molecule has 0 N–H and O–H groups in total. The minimum Gasteiger partial charge on any atom is -0.454 e. The average molecular weight is 434 g/mol. The minimum absolute atomic E-state index is 0. The number of nitrogens with zero attached hydrogens (tertiary/aromatic N) is 3. The molecule has 0 atom stereocenters. The maximum Gasteiger partial charge on any atom is 0.260 e. The van der Waals surface area contributed by atoms with Crippen LogP contribution in [0.15, 0.2) is 30.3 Å². The van der Waals surface area contributed by atoms with Crippen molar-refractivity contribution in [1.82, 2.24) is 9.88 Å². The van der Waals surface area contributed by atoms with Gasteiger partial charge in [-0.25, -0.2) is 4.98 Å². The molecule has 1 amide bonds.